The van der Waals surface area contributed by atoms with E-state index in [2.05, 4.69) is 25.3 Å². The summed E-state index contributed by atoms with van der Waals surface area (Å²) in [5, 5.41) is 6.72. The van der Waals surface area contributed by atoms with Crippen molar-refractivity contribution in [2.24, 2.45) is 0 Å². The first-order chi connectivity index (χ1) is 11.6. The lowest BCUT2D eigenvalue weighted by Crippen LogP contribution is -2.51. The van der Waals surface area contributed by atoms with Crippen molar-refractivity contribution >= 4 is 11.8 Å². The molecular weight excluding hydrogens is 308 g/mol. The van der Waals surface area contributed by atoms with E-state index in [1.54, 1.807) is 11.1 Å². The van der Waals surface area contributed by atoms with Crippen molar-refractivity contribution in [3.63, 3.8) is 0 Å². The zero-order valence-corrected chi connectivity index (χ0v) is 14.0. The molecule has 2 aromatic rings. The van der Waals surface area contributed by atoms with Gasteiger partial charge in [-0.3, -0.25) is 0 Å². The fraction of sp³-hybridized carbons (Fsp3) is 0.500. The molecule has 1 aliphatic rings. The first-order valence-corrected chi connectivity index (χ1v) is 8.14. The van der Waals surface area contributed by atoms with Crippen LogP contribution in [0.1, 0.15) is 31.5 Å². The molecule has 1 N–H and O–H groups in total. The maximum atomic E-state index is 12.2. The van der Waals surface area contributed by atoms with E-state index in [4.69, 9.17) is 4.52 Å². The summed E-state index contributed by atoms with van der Waals surface area (Å²) in [7, 11) is 0. The third-order valence-electron chi connectivity index (χ3n) is 3.93. The molecule has 0 saturated carbocycles. The van der Waals surface area contributed by atoms with Gasteiger partial charge in [0.25, 0.3) is 0 Å². The molecule has 0 unspecified atom stereocenters. The summed E-state index contributed by atoms with van der Waals surface area (Å²) in [6.07, 6.45) is 1.78. The summed E-state index contributed by atoms with van der Waals surface area (Å²) in [4.78, 5) is 24.8. The van der Waals surface area contributed by atoms with Gasteiger partial charge in [0.05, 0.1) is 6.54 Å². The van der Waals surface area contributed by atoms with Crippen molar-refractivity contribution in [3.8, 4) is 0 Å². The molecule has 8 nitrogen and oxygen atoms in total. The smallest absolute Gasteiger partial charge is 0.317 e. The van der Waals surface area contributed by atoms with E-state index in [9.17, 15) is 4.79 Å². The minimum atomic E-state index is -0.111. The Balaban J connectivity index is 1.46. The van der Waals surface area contributed by atoms with E-state index in [0.717, 1.165) is 18.9 Å². The fourth-order valence-electron chi connectivity index (χ4n) is 2.52. The van der Waals surface area contributed by atoms with Crippen molar-refractivity contribution in [3.05, 3.63) is 36.1 Å². The molecule has 3 rings (SSSR count). The van der Waals surface area contributed by atoms with Gasteiger partial charge >= 0.3 is 6.03 Å². The average Bonchev–Trinajstić information content (AvgIpc) is 3.10. The molecule has 2 amide bonds. The van der Waals surface area contributed by atoms with Crippen LogP contribution in [-0.2, 0) is 6.54 Å². The Bertz CT molecular complexity index is 664. The normalized spacial score (nSPS) is 15.0. The summed E-state index contributed by atoms with van der Waals surface area (Å²) >= 11 is 0. The third-order valence-corrected chi connectivity index (χ3v) is 3.93. The number of nitrogens with zero attached hydrogens (tertiary/aromatic N) is 5. The van der Waals surface area contributed by atoms with Crippen LogP contribution in [0, 0.1) is 0 Å². The van der Waals surface area contributed by atoms with Crippen LogP contribution in [0.15, 0.2) is 28.9 Å². The first kappa shape index (κ1) is 16.2. The van der Waals surface area contributed by atoms with Crippen LogP contribution in [-0.4, -0.2) is 52.2 Å². The second kappa shape index (κ2) is 7.29. The Morgan fingerprint density at radius 3 is 2.71 bits per heavy atom. The minimum absolute atomic E-state index is 0.111. The van der Waals surface area contributed by atoms with Crippen LogP contribution in [0.5, 0.6) is 0 Å². The van der Waals surface area contributed by atoms with Gasteiger partial charge in [0.15, 0.2) is 5.82 Å². The van der Waals surface area contributed by atoms with E-state index in [0.29, 0.717) is 24.8 Å². The highest BCUT2D eigenvalue weighted by atomic mass is 16.5. The zero-order chi connectivity index (χ0) is 16.9. The molecule has 128 valence electrons. The van der Waals surface area contributed by atoms with E-state index in [1.807, 2.05) is 32.0 Å². The van der Waals surface area contributed by atoms with E-state index < -0.39 is 0 Å². The topological polar surface area (TPSA) is 87.4 Å². The Labute approximate surface area is 140 Å². The number of aromatic nitrogens is 3. The number of hydrogen-bond acceptors (Lipinski definition) is 6. The molecule has 0 bridgehead atoms. The van der Waals surface area contributed by atoms with Gasteiger partial charge in [-0.05, 0) is 12.1 Å². The number of anilines is 1. The fourth-order valence-corrected chi connectivity index (χ4v) is 2.52. The second-order valence-corrected chi connectivity index (χ2v) is 6.02. The summed E-state index contributed by atoms with van der Waals surface area (Å²) in [6.45, 7) is 7.08. The standard InChI is InChI=1S/C16H22N6O2/c1-12(2)15-19-14(24-20-15)11-18-16(23)22-9-7-21(8-10-22)13-5-3-4-6-17-13/h3-6,12H,7-11H2,1-2H3,(H,18,23). The molecule has 3 heterocycles. The average molecular weight is 330 g/mol. The van der Waals surface area contributed by atoms with Gasteiger partial charge in [0, 0.05) is 38.3 Å². The van der Waals surface area contributed by atoms with Crippen molar-refractivity contribution in [2.45, 2.75) is 26.3 Å². The maximum absolute atomic E-state index is 12.2. The Kier molecular flexibility index (Phi) is 4.93. The van der Waals surface area contributed by atoms with Crippen molar-refractivity contribution in [1.29, 1.82) is 0 Å². The maximum Gasteiger partial charge on any atom is 0.317 e. The van der Waals surface area contributed by atoms with Gasteiger partial charge in [0.1, 0.15) is 5.82 Å². The molecular formula is C16H22N6O2. The van der Waals surface area contributed by atoms with E-state index in [-0.39, 0.29) is 18.5 Å². The van der Waals surface area contributed by atoms with Gasteiger partial charge in [-0.1, -0.05) is 25.1 Å². The SMILES string of the molecule is CC(C)c1noc(CNC(=O)N2CCN(c3ccccn3)CC2)n1. The number of urea groups is 1. The first-order valence-electron chi connectivity index (χ1n) is 8.14. The minimum Gasteiger partial charge on any atom is -0.353 e. The second-order valence-electron chi connectivity index (χ2n) is 6.02. The lowest BCUT2D eigenvalue weighted by molar-refractivity contribution is 0.192. The number of piperazine rings is 1. The molecule has 0 aliphatic carbocycles. The number of carbonyl (C=O) groups is 1. The lowest BCUT2D eigenvalue weighted by atomic mass is 10.2. The van der Waals surface area contributed by atoms with Crippen LogP contribution in [0.2, 0.25) is 0 Å². The monoisotopic (exact) mass is 330 g/mol. The van der Waals surface area contributed by atoms with Crippen LogP contribution >= 0.6 is 0 Å². The highest BCUT2D eigenvalue weighted by Gasteiger charge is 2.22. The van der Waals surface area contributed by atoms with Crippen molar-refractivity contribution in [1.82, 2.24) is 25.3 Å². The Hall–Kier alpha value is -2.64. The predicted molar refractivity (Wildman–Crippen MR) is 88.6 cm³/mol. The molecule has 1 aliphatic heterocycles. The molecule has 1 saturated heterocycles. The van der Waals surface area contributed by atoms with Gasteiger partial charge in [0.2, 0.25) is 5.89 Å². The van der Waals surface area contributed by atoms with Gasteiger partial charge in [-0.2, -0.15) is 4.98 Å². The summed E-state index contributed by atoms with van der Waals surface area (Å²) in [5.74, 6) is 2.24. The largest absolute Gasteiger partial charge is 0.353 e. The van der Waals surface area contributed by atoms with Crippen molar-refractivity contribution < 1.29 is 9.32 Å². The Morgan fingerprint density at radius 1 is 1.29 bits per heavy atom. The van der Waals surface area contributed by atoms with E-state index >= 15 is 0 Å². The predicted octanol–water partition coefficient (Wildman–Crippen LogP) is 1.62. The lowest BCUT2D eigenvalue weighted by Gasteiger charge is -2.35. The third kappa shape index (κ3) is 3.81. The van der Waals surface area contributed by atoms with Crippen LogP contribution in [0.4, 0.5) is 10.6 Å². The van der Waals surface area contributed by atoms with Gasteiger partial charge in [-0.15, -0.1) is 0 Å². The quantitative estimate of drug-likeness (QED) is 0.916. The van der Waals surface area contributed by atoms with Crippen LogP contribution < -0.4 is 10.2 Å². The number of carbonyl (C=O) groups excluding carboxylic acids is 1. The highest BCUT2D eigenvalue weighted by molar-refractivity contribution is 5.74. The molecule has 0 aromatic carbocycles. The molecule has 24 heavy (non-hydrogen) atoms. The van der Waals surface area contributed by atoms with Gasteiger partial charge in [-0.25, -0.2) is 9.78 Å². The molecule has 2 aromatic heterocycles. The van der Waals surface area contributed by atoms with Gasteiger partial charge < -0.3 is 19.6 Å². The molecule has 0 radical (unpaired) electrons. The molecule has 0 spiro atoms. The molecule has 0 atom stereocenters. The summed E-state index contributed by atoms with van der Waals surface area (Å²) in [5.41, 5.74) is 0. The molecule has 8 heteroatoms. The van der Waals surface area contributed by atoms with E-state index in [1.165, 1.54) is 0 Å². The van der Waals surface area contributed by atoms with Crippen molar-refractivity contribution in [2.75, 3.05) is 31.1 Å². The zero-order valence-electron chi connectivity index (χ0n) is 14.0. The number of pyridine rings is 1. The summed E-state index contributed by atoms with van der Waals surface area (Å²) in [6, 6.07) is 5.74. The Morgan fingerprint density at radius 2 is 2.08 bits per heavy atom. The number of rotatable bonds is 4. The number of nitrogens with one attached hydrogen (secondary N) is 1. The summed E-state index contributed by atoms with van der Waals surface area (Å²) < 4.78 is 5.13. The van der Waals surface area contributed by atoms with Crippen LogP contribution in [0.25, 0.3) is 0 Å². The number of amides is 2. The highest BCUT2D eigenvalue weighted by Crippen LogP contribution is 2.13. The molecule has 1 fully saturated rings. The van der Waals surface area contributed by atoms with Crippen LogP contribution in [0.3, 0.4) is 0 Å². The number of hydrogen-bond donors (Lipinski definition) is 1.